The van der Waals surface area contributed by atoms with E-state index >= 15 is 0 Å². The first kappa shape index (κ1) is 16.4. The lowest BCUT2D eigenvalue weighted by atomic mass is 10.2. The molecule has 0 aromatic rings. The number of nitrogens with one attached hydrogen (secondary N) is 1. The van der Waals surface area contributed by atoms with E-state index in [-0.39, 0.29) is 13.6 Å². The molecule has 0 aromatic carbocycles. The lowest BCUT2D eigenvalue weighted by molar-refractivity contribution is -0.132. The van der Waals surface area contributed by atoms with Crippen molar-refractivity contribution < 1.29 is 14.8 Å². The van der Waals surface area contributed by atoms with Crippen molar-refractivity contribution in [2.45, 2.75) is 45.1 Å². The lowest BCUT2D eigenvalue weighted by Gasteiger charge is -2.25. The Morgan fingerprint density at radius 1 is 1.26 bits per heavy atom. The van der Waals surface area contributed by atoms with Gasteiger partial charge in [0.2, 0.25) is 5.91 Å². The van der Waals surface area contributed by atoms with E-state index in [1.54, 1.807) is 0 Å². The predicted molar refractivity (Wildman–Crippen MR) is 74.0 cm³/mol. The Morgan fingerprint density at radius 3 is 2.47 bits per heavy atom. The van der Waals surface area contributed by atoms with Crippen LogP contribution in [-0.4, -0.2) is 65.8 Å². The average Bonchev–Trinajstić information content (AvgIpc) is 3.07. The Labute approximate surface area is 116 Å². The molecule has 2 saturated heterocycles. The highest BCUT2D eigenvalue weighted by Crippen LogP contribution is 2.19. The van der Waals surface area contributed by atoms with E-state index in [1.807, 2.05) is 0 Å². The van der Waals surface area contributed by atoms with Gasteiger partial charge in [-0.25, -0.2) is 10.4 Å². The maximum Gasteiger partial charge on any atom is 0.482 e. The van der Waals surface area contributed by atoms with E-state index in [9.17, 15) is 4.79 Å². The molecule has 1 atom stereocenters. The largest absolute Gasteiger partial charge is 0.482 e. The van der Waals surface area contributed by atoms with Gasteiger partial charge in [0, 0.05) is 25.7 Å². The third-order valence-corrected chi connectivity index (χ3v) is 3.73. The molecule has 6 nitrogen and oxygen atoms in total. The number of carbonyl (C=O) groups excluding carboxylic acids is 1. The summed E-state index contributed by atoms with van der Waals surface area (Å²) in [6.45, 7) is 5.79. The summed E-state index contributed by atoms with van der Waals surface area (Å²) in [4.78, 5) is 14.1. The van der Waals surface area contributed by atoms with Gasteiger partial charge in [0.1, 0.15) is 0 Å². The van der Waals surface area contributed by atoms with Gasteiger partial charge in [-0.15, -0.1) is 0 Å². The molecule has 2 heterocycles. The van der Waals surface area contributed by atoms with Crippen LogP contribution in [0.5, 0.6) is 0 Å². The van der Waals surface area contributed by atoms with Crippen molar-refractivity contribution >= 4 is 13.6 Å². The molecule has 0 aliphatic carbocycles. The van der Waals surface area contributed by atoms with Crippen LogP contribution < -0.4 is 5.43 Å². The van der Waals surface area contributed by atoms with Gasteiger partial charge >= 0.3 is 7.69 Å². The molecule has 0 spiro atoms. The van der Waals surface area contributed by atoms with Crippen LogP contribution >= 0.6 is 0 Å². The summed E-state index contributed by atoms with van der Waals surface area (Å²) in [6, 6.07) is 0.493. The van der Waals surface area contributed by atoms with E-state index in [2.05, 4.69) is 22.3 Å². The van der Waals surface area contributed by atoms with Crippen molar-refractivity contribution in [3.05, 3.63) is 0 Å². The normalized spacial score (nSPS) is 23.1. The third-order valence-electron chi connectivity index (χ3n) is 3.73. The molecule has 7 heteroatoms. The number of rotatable bonds is 4. The number of nitrogens with zero attached hydrogens (tertiary/aromatic N) is 2. The monoisotopic (exact) mass is 270 g/mol. The second-order valence-electron chi connectivity index (χ2n) is 4.94. The molecule has 0 saturated carbocycles. The van der Waals surface area contributed by atoms with Crippen LogP contribution in [0.3, 0.4) is 0 Å². The summed E-state index contributed by atoms with van der Waals surface area (Å²) in [7, 11) is 0. The quantitative estimate of drug-likeness (QED) is 0.600. The molecule has 2 rings (SSSR count). The Kier molecular flexibility index (Phi) is 8.05. The SMILES string of the molecule is CCC1CCCN1C(=O)CNN1CCCC1.O[B]O. The summed E-state index contributed by atoms with van der Waals surface area (Å²) in [5.41, 5.74) is 3.25. The number of amides is 1. The van der Waals surface area contributed by atoms with Crippen LogP contribution in [0.2, 0.25) is 0 Å². The molecule has 2 aliphatic rings. The fourth-order valence-corrected chi connectivity index (χ4v) is 2.74. The molecule has 109 valence electrons. The van der Waals surface area contributed by atoms with Gasteiger partial charge in [-0.1, -0.05) is 6.92 Å². The molecule has 19 heavy (non-hydrogen) atoms. The van der Waals surface area contributed by atoms with Crippen molar-refractivity contribution in [1.82, 2.24) is 15.3 Å². The third kappa shape index (κ3) is 5.48. The minimum absolute atomic E-state index is 0. The first-order chi connectivity index (χ1) is 9.22. The minimum Gasteiger partial charge on any atom is -0.429 e. The van der Waals surface area contributed by atoms with Crippen molar-refractivity contribution in [2.75, 3.05) is 26.2 Å². The zero-order valence-electron chi connectivity index (χ0n) is 11.7. The molecule has 1 amide bonds. The molecule has 2 aliphatic heterocycles. The van der Waals surface area contributed by atoms with Gasteiger partial charge in [0.25, 0.3) is 0 Å². The smallest absolute Gasteiger partial charge is 0.429 e. The van der Waals surface area contributed by atoms with Crippen molar-refractivity contribution in [3.8, 4) is 0 Å². The van der Waals surface area contributed by atoms with E-state index in [4.69, 9.17) is 10.0 Å². The second-order valence-corrected chi connectivity index (χ2v) is 4.94. The summed E-state index contributed by atoms with van der Waals surface area (Å²) in [5.74, 6) is 0.274. The predicted octanol–water partition coefficient (Wildman–Crippen LogP) is -0.507. The molecule has 0 bridgehead atoms. The molecular weight excluding hydrogens is 245 g/mol. The van der Waals surface area contributed by atoms with Gasteiger partial charge < -0.3 is 14.9 Å². The fourth-order valence-electron chi connectivity index (χ4n) is 2.74. The Balaban J connectivity index is 0.000000550. The van der Waals surface area contributed by atoms with Crippen LogP contribution in [0.4, 0.5) is 0 Å². The van der Waals surface area contributed by atoms with Gasteiger partial charge in [-0.3, -0.25) is 4.79 Å². The molecule has 1 radical (unpaired) electrons. The zero-order chi connectivity index (χ0) is 14.1. The number of hydrogen-bond acceptors (Lipinski definition) is 5. The summed E-state index contributed by atoms with van der Waals surface area (Å²) >= 11 is 0. The maximum atomic E-state index is 12.0. The maximum absolute atomic E-state index is 12.0. The van der Waals surface area contributed by atoms with E-state index in [1.165, 1.54) is 25.7 Å². The average molecular weight is 270 g/mol. The van der Waals surface area contributed by atoms with Crippen LogP contribution in [0, 0.1) is 0 Å². The number of carbonyl (C=O) groups is 1. The number of hydrogen-bond donors (Lipinski definition) is 3. The highest BCUT2D eigenvalue weighted by molar-refractivity contribution is 6.13. The van der Waals surface area contributed by atoms with Crippen molar-refractivity contribution in [2.24, 2.45) is 0 Å². The Bertz CT molecular complexity index is 263. The van der Waals surface area contributed by atoms with E-state index in [0.29, 0.717) is 12.6 Å². The van der Waals surface area contributed by atoms with Crippen LogP contribution in [0.15, 0.2) is 0 Å². The Morgan fingerprint density at radius 2 is 1.89 bits per heavy atom. The molecule has 3 N–H and O–H groups in total. The fraction of sp³-hybridized carbons (Fsp3) is 0.917. The standard InChI is InChI=1S/C12H23N3O.BH2O2/c1-2-11-6-5-9-15(11)12(16)10-13-14-7-3-4-8-14;2-1-3/h11,13H,2-10H2,1H3;2-3H. The first-order valence-electron chi connectivity index (χ1n) is 7.11. The number of likely N-dealkylation sites (tertiary alicyclic amines) is 1. The van der Waals surface area contributed by atoms with Gasteiger partial charge in [0.15, 0.2) is 0 Å². The van der Waals surface area contributed by atoms with Crippen molar-refractivity contribution in [1.29, 1.82) is 0 Å². The van der Waals surface area contributed by atoms with Crippen molar-refractivity contribution in [3.63, 3.8) is 0 Å². The topological polar surface area (TPSA) is 76.0 Å². The van der Waals surface area contributed by atoms with Gasteiger partial charge in [0.05, 0.1) is 6.54 Å². The van der Waals surface area contributed by atoms with Crippen LogP contribution in [-0.2, 0) is 4.79 Å². The molecule has 2 fully saturated rings. The van der Waals surface area contributed by atoms with Crippen LogP contribution in [0.1, 0.15) is 39.0 Å². The molecular formula is C12H25BN3O3. The summed E-state index contributed by atoms with van der Waals surface area (Å²) in [5, 5.41) is 16.2. The lowest BCUT2D eigenvalue weighted by Crippen LogP contribution is -2.45. The molecule has 1 unspecified atom stereocenters. The summed E-state index contributed by atoms with van der Waals surface area (Å²) in [6.07, 6.45) is 5.96. The zero-order valence-corrected chi connectivity index (χ0v) is 11.7. The second kappa shape index (κ2) is 9.31. The highest BCUT2D eigenvalue weighted by atomic mass is 16.4. The molecule has 0 aromatic heterocycles. The van der Waals surface area contributed by atoms with E-state index < -0.39 is 0 Å². The first-order valence-corrected chi connectivity index (χ1v) is 7.11. The van der Waals surface area contributed by atoms with Crippen LogP contribution in [0.25, 0.3) is 0 Å². The highest BCUT2D eigenvalue weighted by Gasteiger charge is 2.27. The summed E-state index contributed by atoms with van der Waals surface area (Å²) < 4.78 is 0. The van der Waals surface area contributed by atoms with E-state index in [0.717, 1.165) is 26.1 Å². The van der Waals surface area contributed by atoms with Gasteiger partial charge in [-0.2, -0.15) is 0 Å². The Hall–Kier alpha value is -0.625. The number of hydrazine groups is 1. The van der Waals surface area contributed by atoms with Gasteiger partial charge in [-0.05, 0) is 32.1 Å². The minimum atomic E-state index is 0.